The van der Waals surface area contributed by atoms with E-state index in [0.717, 1.165) is 0 Å². The Morgan fingerprint density at radius 1 is 1.11 bits per heavy atom. The van der Waals surface area contributed by atoms with Crippen LogP contribution in [0.15, 0.2) is 24.3 Å². The summed E-state index contributed by atoms with van der Waals surface area (Å²) in [7, 11) is 0. The van der Waals surface area contributed by atoms with Crippen molar-refractivity contribution in [3.63, 3.8) is 0 Å². The van der Waals surface area contributed by atoms with Crippen molar-refractivity contribution in [3.05, 3.63) is 35.4 Å². The third-order valence-corrected chi connectivity index (χ3v) is 4.83. The minimum absolute atomic E-state index is 0.203. The number of likely N-dealkylation sites (tertiary alicyclic amines) is 1. The van der Waals surface area contributed by atoms with Crippen LogP contribution in [-0.2, 0) is 14.4 Å². The van der Waals surface area contributed by atoms with Crippen molar-refractivity contribution < 1.29 is 28.8 Å². The molecule has 0 N–H and O–H groups in total. The molecule has 0 saturated carbocycles. The number of hydroxylamine groups is 2. The molecule has 1 fully saturated rings. The first-order valence-electron chi connectivity index (χ1n) is 9.33. The van der Waals surface area contributed by atoms with Crippen LogP contribution >= 0.6 is 0 Å². The lowest BCUT2D eigenvalue weighted by Crippen LogP contribution is -2.43. The van der Waals surface area contributed by atoms with Gasteiger partial charge in [-0.2, -0.15) is 0 Å². The number of amides is 3. The van der Waals surface area contributed by atoms with Crippen molar-refractivity contribution in [2.24, 2.45) is 5.92 Å². The van der Waals surface area contributed by atoms with Gasteiger partial charge in [-0.15, -0.1) is 0 Å². The van der Waals surface area contributed by atoms with E-state index in [1.807, 2.05) is 6.92 Å². The third kappa shape index (κ3) is 3.58. The lowest BCUT2D eigenvalue weighted by Gasteiger charge is -2.29. The zero-order valence-electron chi connectivity index (χ0n) is 16.4. The van der Waals surface area contributed by atoms with Crippen molar-refractivity contribution in [1.82, 2.24) is 9.96 Å². The van der Waals surface area contributed by atoms with E-state index in [1.165, 1.54) is 17.0 Å². The van der Waals surface area contributed by atoms with Crippen molar-refractivity contribution in [2.75, 3.05) is 6.54 Å². The predicted molar refractivity (Wildman–Crippen MR) is 98.2 cm³/mol. The molecule has 2 aliphatic rings. The first kappa shape index (κ1) is 19.9. The highest BCUT2D eigenvalue weighted by Crippen LogP contribution is 2.31. The molecule has 2 aliphatic heterocycles. The minimum atomic E-state index is -0.701. The highest BCUT2D eigenvalue weighted by molar-refractivity contribution is 6.20. The van der Waals surface area contributed by atoms with E-state index in [0.29, 0.717) is 24.4 Å². The van der Waals surface area contributed by atoms with E-state index in [4.69, 9.17) is 9.57 Å². The fraction of sp³-hybridized carbons (Fsp3) is 0.500. The van der Waals surface area contributed by atoms with E-state index in [1.54, 1.807) is 32.9 Å². The Morgan fingerprint density at radius 3 is 2.18 bits per heavy atom. The molecule has 8 nitrogen and oxygen atoms in total. The van der Waals surface area contributed by atoms with Crippen LogP contribution in [0.5, 0.6) is 0 Å². The van der Waals surface area contributed by atoms with Gasteiger partial charge in [0, 0.05) is 12.6 Å². The first-order valence-corrected chi connectivity index (χ1v) is 9.33. The van der Waals surface area contributed by atoms with Gasteiger partial charge in [0.05, 0.1) is 17.0 Å². The molecule has 28 heavy (non-hydrogen) atoms. The van der Waals surface area contributed by atoms with Crippen LogP contribution in [0.3, 0.4) is 0 Å². The van der Waals surface area contributed by atoms with E-state index in [9.17, 15) is 19.2 Å². The molecule has 1 aromatic rings. The zero-order chi connectivity index (χ0) is 20.6. The molecule has 0 bridgehead atoms. The maximum atomic E-state index is 12.7. The van der Waals surface area contributed by atoms with E-state index < -0.39 is 41.4 Å². The molecule has 2 unspecified atom stereocenters. The molecular weight excluding hydrogens is 364 g/mol. The van der Waals surface area contributed by atoms with E-state index in [-0.39, 0.29) is 11.1 Å². The SMILES string of the molecule is CCC1C(C(=O)ON2C(=O)c3ccccc3C2=O)CCN1C(=O)OC(C)(C)C. The number of ether oxygens (including phenoxy) is 1. The fourth-order valence-corrected chi connectivity index (χ4v) is 3.59. The van der Waals surface area contributed by atoms with E-state index in [2.05, 4.69) is 0 Å². The van der Waals surface area contributed by atoms with Crippen molar-refractivity contribution >= 4 is 23.9 Å². The summed E-state index contributed by atoms with van der Waals surface area (Å²) in [5.41, 5.74) is -0.239. The molecule has 0 radical (unpaired) electrons. The Balaban J connectivity index is 1.71. The van der Waals surface area contributed by atoms with E-state index >= 15 is 0 Å². The first-order chi connectivity index (χ1) is 13.1. The maximum absolute atomic E-state index is 12.7. The number of imide groups is 1. The smallest absolute Gasteiger partial charge is 0.410 e. The van der Waals surface area contributed by atoms with Crippen LogP contribution in [0, 0.1) is 5.92 Å². The van der Waals surface area contributed by atoms with Crippen LogP contribution in [-0.4, -0.2) is 52.0 Å². The zero-order valence-corrected chi connectivity index (χ0v) is 16.4. The molecule has 0 aromatic heterocycles. The van der Waals surface area contributed by atoms with Crippen LogP contribution in [0.1, 0.15) is 61.3 Å². The third-order valence-electron chi connectivity index (χ3n) is 4.83. The van der Waals surface area contributed by atoms with Gasteiger partial charge < -0.3 is 14.5 Å². The molecule has 3 amide bonds. The lowest BCUT2D eigenvalue weighted by atomic mass is 9.99. The Labute approximate surface area is 163 Å². The fourth-order valence-electron chi connectivity index (χ4n) is 3.59. The molecule has 3 rings (SSSR count). The number of fused-ring (bicyclic) bond motifs is 1. The van der Waals surface area contributed by atoms with Crippen LogP contribution < -0.4 is 0 Å². The summed E-state index contributed by atoms with van der Waals surface area (Å²) in [5.74, 6) is -2.66. The van der Waals surface area contributed by atoms with Crippen molar-refractivity contribution in [3.8, 4) is 0 Å². The minimum Gasteiger partial charge on any atom is -0.444 e. The van der Waals surface area contributed by atoms with Gasteiger partial charge in [0.15, 0.2) is 0 Å². The summed E-state index contributed by atoms with van der Waals surface area (Å²) in [6, 6.07) is 5.88. The monoisotopic (exact) mass is 388 g/mol. The summed E-state index contributed by atoms with van der Waals surface area (Å²) >= 11 is 0. The summed E-state index contributed by atoms with van der Waals surface area (Å²) in [6.07, 6.45) is 0.399. The molecular formula is C20H24N2O6. The van der Waals surface area contributed by atoms with Gasteiger partial charge in [0.25, 0.3) is 11.8 Å². The highest BCUT2D eigenvalue weighted by Gasteiger charge is 2.45. The largest absolute Gasteiger partial charge is 0.444 e. The molecule has 150 valence electrons. The Kier molecular flexibility index (Phi) is 5.14. The number of nitrogens with zero attached hydrogens (tertiary/aromatic N) is 2. The van der Waals surface area contributed by atoms with Gasteiger partial charge in [0.2, 0.25) is 0 Å². The summed E-state index contributed by atoms with van der Waals surface area (Å²) in [5, 5.41) is 0.510. The topological polar surface area (TPSA) is 93.2 Å². The number of carbonyl (C=O) groups is 4. The Morgan fingerprint density at radius 2 is 1.68 bits per heavy atom. The highest BCUT2D eigenvalue weighted by atomic mass is 16.7. The van der Waals surface area contributed by atoms with Gasteiger partial charge in [0.1, 0.15) is 5.60 Å². The second-order valence-corrected chi connectivity index (χ2v) is 7.91. The molecule has 0 spiro atoms. The number of carbonyl (C=O) groups excluding carboxylic acids is 4. The normalized spacial score (nSPS) is 21.7. The van der Waals surface area contributed by atoms with Crippen LogP contribution in [0.4, 0.5) is 4.79 Å². The molecule has 8 heteroatoms. The second kappa shape index (κ2) is 7.26. The molecule has 1 aromatic carbocycles. The molecule has 2 atom stereocenters. The summed E-state index contributed by atoms with van der Waals surface area (Å²) in [4.78, 5) is 56.6. The van der Waals surface area contributed by atoms with Gasteiger partial charge in [-0.25, -0.2) is 9.59 Å². The van der Waals surface area contributed by atoms with Crippen molar-refractivity contribution in [2.45, 2.75) is 52.2 Å². The Bertz CT molecular complexity index is 793. The molecule has 0 aliphatic carbocycles. The van der Waals surface area contributed by atoms with Gasteiger partial charge in [-0.05, 0) is 45.7 Å². The standard InChI is InChI=1S/C20H24N2O6/c1-5-15-14(10-11-21(15)19(26)27-20(2,3)4)18(25)28-22-16(23)12-8-6-7-9-13(12)17(22)24/h6-9,14-15H,5,10-11H2,1-4H3. The summed E-state index contributed by atoms with van der Waals surface area (Å²) in [6.45, 7) is 7.52. The average molecular weight is 388 g/mol. The number of rotatable bonds is 3. The lowest BCUT2D eigenvalue weighted by molar-refractivity contribution is -0.174. The van der Waals surface area contributed by atoms with Crippen LogP contribution in [0.25, 0.3) is 0 Å². The summed E-state index contributed by atoms with van der Waals surface area (Å²) < 4.78 is 5.41. The number of hydrogen-bond acceptors (Lipinski definition) is 6. The quantitative estimate of drug-likeness (QED) is 0.739. The van der Waals surface area contributed by atoms with Gasteiger partial charge in [-0.1, -0.05) is 24.1 Å². The maximum Gasteiger partial charge on any atom is 0.410 e. The second-order valence-electron chi connectivity index (χ2n) is 7.91. The molecule has 2 heterocycles. The number of benzene rings is 1. The van der Waals surface area contributed by atoms with Crippen LogP contribution in [0.2, 0.25) is 0 Å². The molecule has 1 saturated heterocycles. The van der Waals surface area contributed by atoms with Crippen molar-refractivity contribution in [1.29, 1.82) is 0 Å². The Hall–Kier alpha value is -2.90. The average Bonchev–Trinajstić information content (AvgIpc) is 3.16. The number of hydrogen-bond donors (Lipinski definition) is 0. The van der Waals surface area contributed by atoms with Gasteiger partial charge >= 0.3 is 12.1 Å². The predicted octanol–water partition coefficient (Wildman–Crippen LogP) is 2.78. The van der Waals surface area contributed by atoms with Gasteiger partial charge in [-0.3, -0.25) is 9.59 Å².